The number of carbonyl (C=O) groups excluding carboxylic acids is 1. The van der Waals surface area contributed by atoms with Crippen molar-refractivity contribution in [2.45, 2.75) is 18.6 Å². The van der Waals surface area contributed by atoms with Crippen LogP contribution in [0, 0.1) is 17.1 Å². The fourth-order valence-corrected chi connectivity index (χ4v) is 3.55. The normalized spacial score (nSPS) is 17.0. The lowest BCUT2D eigenvalue weighted by molar-refractivity contribution is -0.137. The number of aliphatic hydroxyl groups is 1. The molecule has 1 atom stereocenters. The van der Waals surface area contributed by atoms with Crippen molar-refractivity contribution in [1.82, 2.24) is 4.90 Å². The first kappa shape index (κ1) is 21.6. The number of piperazine rings is 1. The first-order chi connectivity index (χ1) is 14.2. The summed E-state index contributed by atoms with van der Waals surface area (Å²) in [4.78, 5) is 15.7. The number of nitriles is 1. The van der Waals surface area contributed by atoms with Gasteiger partial charge in [0.25, 0.3) is 0 Å². The Hall–Kier alpha value is -3.12. The smallest absolute Gasteiger partial charge is 0.394 e. The van der Waals surface area contributed by atoms with E-state index in [2.05, 4.69) is 0 Å². The minimum absolute atomic E-state index is 0.00893. The quantitative estimate of drug-likeness (QED) is 0.771. The van der Waals surface area contributed by atoms with E-state index in [9.17, 15) is 27.5 Å². The van der Waals surface area contributed by atoms with Crippen molar-refractivity contribution >= 4 is 11.6 Å². The molecule has 2 aromatic rings. The van der Waals surface area contributed by atoms with E-state index >= 15 is 0 Å². The van der Waals surface area contributed by atoms with Gasteiger partial charge in [0, 0.05) is 25.3 Å². The number of hydrogen-bond donors (Lipinski definition) is 1. The fourth-order valence-electron chi connectivity index (χ4n) is 3.55. The Labute approximate surface area is 170 Å². The average molecular weight is 421 g/mol. The van der Waals surface area contributed by atoms with Crippen LogP contribution in [0.3, 0.4) is 0 Å². The Morgan fingerprint density at radius 3 is 2.60 bits per heavy atom. The van der Waals surface area contributed by atoms with Gasteiger partial charge in [0.15, 0.2) is 0 Å². The van der Waals surface area contributed by atoms with Gasteiger partial charge in [-0.1, -0.05) is 12.1 Å². The van der Waals surface area contributed by atoms with Crippen molar-refractivity contribution in [3.05, 3.63) is 65.0 Å². The van der Waals surface area contributed by atoms with E-state index < -0.39 is 29.2 Å². The van der Waals surface area contributed by atoms with Crippen LogP contribution in [0.25, 0.3) is 0 Å². The second-order valence-corrected chi connectivity index (χ2v) is 7.02. The predicted octanol–water partition coefficient (Wildman–Crippen LogP) is 2.97. The zero-order valence-corrected chi connectivity index (χ0v) is 15.9. The Morgan fingerprint density at radius 1 is 1.20 bits per heavy atom. The largest absolute Gasteiger partial charge is 0.417 e. The summed E-state index contributed by atoms with van der Waals surface area (Å²) in [5, 5.41) is 18.7. The van der Waals surface area contributed by atoms with E-state index in [4.69, 9.17) is 5.26 Å². The maximum Gasteiger partial charge on any atom is 0.417 e. The summed E-state index contributed by atoms with van der Waals surface area (Å²) in [7, 11) is 0. The van der Waals surface area contributed by atoms with Gasteiger partial charge in [0.1, 0.15) is 5.82 Å². The molecule has 2 aromatic carbocycles. The number of nitrogens with zero attached hydrogens (tertiary/aromatic N) is 3. The number of rotatable bonds is 4. The molecule has 3 rings (SSSR count). The van der Waals surface area contributed by atoms with Gasteiger partial charge in [-0.2, -0.15) is 18.4 Å². The number of anilines is 1. The van der Waals surface area contributed by atoms with Crippen LogP contribution in [0.4, 0.5) is 23.2 Å². The number of halogens is 4. The lowest BCUT2D eigenvalue weighted by atomic mass is 10.0. The van der Waals surface area contributed by atoms with Gasteiger partial charge in [-0.05, 0) is 35.9 Å². The molecule has 1 heterocycles. The summed E-state index contributed by atoms with van der Waals surface area (Å²) in [6, 6.07) is 10.0. The highest BCUT2D eigenvalue weighted by atomic mass is 19.4. The molecule has 0 aromatic heterocycles. The third kappa shape index (κ3) is 4.71. The van der Waals surface area contributed by atoms with Crippen LogP contribution in [0.1, 0.15) is 16.7 Å². The maximum absolute atomic E-state index is 13.3. The van der Waals surface area contributed by atoms with Crippen molar-refractivity contribution < 1.29 is 27.5 Å². The van der Waals surface area contributed by atoms with E-state index in [-0.39, 0.29) is 44.3 Å². The van der Waals surface area contributed by atoms with Crippen LogP contribution >= 0.6 is 0 Å². The second-order valence-electron chi connectivity index (χ2n) is 7.02. The number of amides is 1. The number of aliphatic hydroxyl groups excluding tert-OH is 1. The molecule has 0 aliphatic carbocycles. The molecule has 0 saturated carbocycles. The summed E-state index contributed by atoms with van der Waals surface area (Å²) in [5.74, 6) is -0.700. The molecule has 5 nitrogen and oxygen atoms in total. The number of hydrogen-bond acceptors (Lipinski definition) is 4. The van der Waals surface area contributed by atoms with Crippen LogP contribution in [-0.4, -0.2) is 48.2 Å². The number of benzene rings is 2. The van der Waals surface area contributed by atoms with Gasteiger partial charge >= 0.3 is 6.18 Å². The van der Waals surface area contributed by atoms with E-state index in [1.54, 1.807) is 11.0 Å². The first-order valence-corrected chi connectivity index (χ1v) is 9.24. The minimum atomic E-state index is -4.68. The fraction of sp³-hybridized carbons (Fsp3) is 0.333. The monoisotopic (exact) mass is 421 g/mol. The molecular formula is C21H19F4N3O2. The van der Waals surface area contributed by atoms with E-state index in [1.807, 2.05) is 0 Å². The molecule has 1 aliphatic rings. The van der Waals surface area contributed by atoms with Crippen molar-refractivity contribution in [3.8, 4) is 6.07 Å². The lowest BCUT2D eigenvalue weighted by Crippen LogP contribution is -2.56. The SMILES string of the molecule is N#Cc1ccc(N2CCN(C(=O)Cc3cccc(F)c3)CC2CO)cc1C(F)(F)F. The molecule has 1 fully saturated rings. The minimum Gasteiger partial charge on any atom is -0.394 e. The predicted molar refractivity (Wildman–Crippen MR) is 101 cm³/mol. The molecule has 1 N–H and O–H groups in total. The molecule has 1 saturated heterocycles. The summed E-state index contributed by atoms with van der Waals surface area (Å²) in [5.41, 5.74) is -0.776. The summed E-state index contributed by atoms with van der Waals surface area (Å²) < 4.78 is 53.1. The van der Waals surface area contributed by atoms with Crippen LogP contribution in [0.15, 0.2) is 42.5 Å². The van der Waals surface area contributed by atoms with E-state index in [1.165, 1.54) is 35.2 Å². The van der Waals surface area contributed by atoms with Crippen LogP contribution < -0.4 is 4.90 Å². The van der Waals surface area contributed by atoms with E-state index in [0.29, 0.717) is 5.56 Å². The standard InChI is InChI=1S/C21H19F4N3O2/c22-16-3-1-2-14(8-16)9-20(30)27-6-7-28(18(12-27)13-29)17-5-4-15(11-26)19(10-17)21(23,24)25/h1-5,8,10,18,29H,6-7,9,12-13H2. The Kier molecular flexibility index (Phi) is 6.27. The third-order valence-electron chi connectivity index (χ3n) is 5.05. The van der Waals surface area contributed by atoms with Gasteiger partial charge in [-0.3, -0.25) is 4.79 Å². The second kappa shape index (κ2) is 8.71. The summed E-state index contributed by atoms with van der Waals surface area (Å²) >= 11 is 0. The van der Waals surface area contributed by atoms with E-state index in [0.717, 1.165) is 12.1 Å². The van der Waals surface area contributed by atoms with Crippen molar-refractivity contribution in [2.75, 3.05) is 31.1 Å². The van der Waals surface area contributed by atoms with Crippen molar-refractivity contribution in [3.63, 3.8) is 0 Å². The molecule has 30 heavy (non-hydrogen) atoms. The molecule has 0 spiro atoms. The van der Waals surface area contributed by atoms with Crippen molar-refractivity contribution in [1.29, 1.82) is 5.26 Å². The Morgan fingerprint density at radius 2 is 1.97 bits per heavy atom. The zero-order valence-electron chi connectivity index (χ0n) is 15.9. The average Bonchev–Trinajstić information content (AvgIpc) is 2.72. The molecule has 0 bridgehead atoms. The zero-order chi connectivity index (χ0) is 21.9. The summed E-state index contributed by atoms with van der Waals surface area (Å²) in [6.45, 7) is 0.201. The number of alkyl halides is 3. The van der Waals surface area contributed by atoms with Gasteiger partial charge in [-0.15, -0.1) is 0 Å². The topological polar surface area (TPSA) is 67.6 Å². The lowest BCUT2D eigenvalue weighted by Gasteiger charge is -2.42. The molecule has 9 heteroatoms. The van der Waals surface area contributed by atoms with Gasteiger partial charge in [0.2, 0.25) is 5.91 Å². The summed E-state index contributed by atoms with van der Waals surface area (Å²) in [6.07, 6.45) is -4.69. The van der Waals surface area contributed by atoms with Crippen molar-refractivity contribution in [2.24, 2.45) is 0 Å². The molecule has 1 aliphatic heterocycles. The van der Waals surface area contributed by atoms with Gasteiger partial charge in [0.05, 0.1) is 36.3 Å². The maximum atomic E-state index is 13.3. The van der Waals surface area contributed by atoms with Crippen LogP contribution in [0.2, 0.25) is 0 Å². The molecule has 1 unspecified atom stereocenters. The highest BCUT2D eigenvalue weighted by Crippen LogP contribution is 2.35. The molecule has 1 amide bonds. The Bertz CT molecular complexity index is 971. The van der Waals surface area contributed by atoms with Crippen LogP contribution in [-0.2, 0) is 17.4 Å². The number of carbonyl (C=O) groups is 1. The Balaban J connectivity index is 1.76. The van der Waals surface area contributed by atoms with Crippen LogP contribution in [0.5, 0.6) is 0 Å². The highest BCUT2D eigenvalue weighted by Gasteiger charge is 2.36. The van der Waals surface area contributed by atoms with Gasteiger partial charge < -0.3 is 14.9 Å². The third-order valence-corrected chi connectivity index (χ3v) is 5.05. The van der Waals surface area contributed by atoms with Gasteiger partial charge in [-0.25, -0.2) is 4.39 Å². The first-order valence-electron chi connectivity index (χ1n) is 9.24. The molecule has 0 radical (unpaired) electrons. The molecular weight excluding hydrogens is 402 g/mol. The highest BCUT2D eigenvalue weighted by molar-refractivity contribution is 5.79. The molecule has 158 valence electrons.